The zero-order chi connectivity index (χ0) is 33.9. The Bertz CT molecular complexity index is 1780. The molecular weight excluding hydrogens is 570 g/mol. The van der Waals surface area contributed by atoms with Gasteiger partial charge < -0.3 is 20.1 Å². The van der Waals surface area contributed by atoms with E-state index in [2.05, 4.69) is 148 Å². The van der Waals surface area contributed by atoms with Gasteiger partial charge in [-0.25, -0.2) is 19.9 Å². The van der Waals surface area contributed by atoms with Gasteiger partial charge in [0.15, 0.2) is 5.65 Å². The van der Waals surface area contributed by atoms with E-state index in [0.717, 1.165) is 56.4 Å². The van der Waals surface area contributed by atoms with Gasteiger partial charge in [-0.05, 0) is 59.2 Å². The number of phenols is 1. The first-order valence-corrected chi connectivity index (χ1v) is 16.7. The molecule has 0 aliphatic carbocycles. The Morgan fingerprint density at radius 1 is 0.500 bits per heavy atom. The molecule has 0 saturated heterocycles. The first-order chi connectivity index (χ1) is 21.7. The lowest BCUT2D eigenvalue weighted by atomic mass is 10.0. The Morgan fingerprint density at radius 2 is 1.07 bits per heavy atom. The zero-order valence-electron chi connectivity index (χ0n) is 29.7. The third kappa shape index (κ3) is 7.95. The maximum atomic E-state index is 10.1. The van der Waals surface area contributed by atoms with Crippen molar-refractivity contribution in [3.8, 4) is 5.75 Å². The van der Waals surface area contributed by atoms with Gasteiger partial charge in [0.1, 0.15) is 28.7 Å². The minimum Gasteiger partial charge on any atom is -0.505 e. The predicted octanol–water partition coefficient (Wildman–Crippen LogP) is 10.5. The van der Waals surface area contributed by atoms with Crippen molar-refractivity contribution in [3.05, 3.63) is 76.8 Å². The number of aromatic nitrogens is 7. The minimum atomic E-state index is 0.309. The van der Waals surface area contributed by atoms with Crippen LogP contribution in [0.15, 0.2) is 42.5 Å². The maximum Gasteiger partial charge on any atom is 0.177 e. The van der Waals surface area contributed by atoms with Gasteiger partial charge >= 0.3 is 0 Å². The number of H-pyrrole nitrogens is 3. The molecule has 0 aliphatic rings. The smallest absolute Gasteiger partial charge is 0.177 e. The molecule has 0 amide bonds. The molecule has 6 aromatic rings. The summed E-state index contributed by atoms with van der Waals surface area (Å²) >= 11 is 0. The molecule has 0 bridgehead atoms. The summed E-state index contributed by atoms with van der Waals surface area (Å²) in [5, 5.41) is 10.1. The zero-order valence-corrected chi connectivity index (χ0v) is 29.7. The van der Waals surface area contributed by atoms with Crippen LogP contribution in [-0.4, -0.2) is 40.0 Å². The van der Waals surface area contributed by atoms with E-state index in [0.29, 0.717) is 46.8 Å². The number of pyridine rings is 1. The van der Waals surface area contributed by atoms with Crippen molar-refractivity contribution < 1.29 is 5.11 Å². The van der Waals surface area contributed by atoms with Crippen LogP contribution < -0.4 is 0 Å². The quantitative estimate of drug-likeness (QED) is 0.147. The number of aromatic hydroxyl groups is 1. The Balaban J connectivity index is 0.000000157. The van der Waals surface area contributed by atoms with Gasteiger partial charge in [0, 0.05) is 23.4 Å². The fourth-order valence-corrected chi connectivity index (χ4v) is 5.04. The Morgan fingerprint density at radius 3 is 1.65 bits per heavy atom. The Hall–Kier alpha value is -4.20. The molecule has 6 rings (SSSR count). The molecule has 0 fully saturated rings. The van der Waals surface area contributed by atoms with E-state index in [1.807, 2.05) is 12.1 Å². The van der Waals surface area contributed by atoms with Crippen LogP contribution in [0.25, 0.3) is 33.2 Å². The average molecular weight is 624 g/mol. The van der Waals surface area contributed by atoms with Crippen LogP contribution in [0.4, 0.5) is 0 Å². The first kappa shape index (κ1) is 34.7. The number of benzene rings is 2. The Kier molecular flexibility index (Phi) is 10.9. The molecular formula is C38H53N7O. The van der Waals surface area contributed by atoms with Gasteiger partial charge in [-0.1, -0.05) is 95.2 Å². The molecule has 0 atom stereocenters. The van der Waals surface area contributed by atoms with Crippen LogP contribution in [-0.2, 0) is 0 Å². The summed E-state index contributed by atoms with van der Waals surface area (Å²) < 4.78 is 0. The number of rotatable bonds is 6. The van der Waals surface area contributed by atoms with E-state index in [1.165, 1.54) is 5.56 Å². The molecule has 46 heavy (non-hydrogen) atoms. The molecule has 0 saturated carbocycles. The minimum absolute atomic E-state index is 0.309. The van der Waals surface area contributed by atoms with Crippen molar-refractivity contribution in [3.63, 3.8) is 0 Å². The summed E-state index contributed by atoms with van der Waals surface area (Å²) in [4.78, 5) is 27.9. The van der Waals surface area contributed by atoms with Crippen molar-refractivity contribution in [2.24, 2.45) is 0 Å². The van der Waals surface area contributed by atoms with Gasteiger partial charge in [-0.3, -0.25) is 0 Å². The Labute approximate surface area is 273 Å². The number of fused-ring (bicyclic) bond motifs is 3. The molecule has 2 aromatic carbocycles. The molecule has 4 aromatic heterocycles. The van der Waals surface area contributed by atoms with E-state index >= 15 is 0 Å². The number of aromatic amines is 3. The van der Waals surface area contributed by atoms with E-state index < -0.39 is 0 Å². The SMILES string of the molecule is CC(C)c1ccc2[nH]c(C(C)C)nc2n1.CC(C)c1ccc2nc(C(C)C)[nH]c2c1.CC(C)c1nc2c(O)c(C(C)C)ccc2[nH]1. The van der Waals surface area contributed by atoms with Crippen LogP contribution in [0, 0.1) is 0 Å². The summed E-state index contributed by atoms with van der Waals surface area (Å²) in [6.07, 6.45) is 0. The second-order valence-electron chi connectivity index (χ2n) is 14.1. The van der Waals surface area contributed by atoms with E-state index in [9.17, 15) is 5.11 Å². The van der Waals surface area contributed by atoms with E-state index in [4.69, 9.17) is 0 Å². The lowest BCUT2D eigenvalue weighted by Crippen LogP contribution is -1.92. The summed E-state index contributed by atoms with van der Waals surface area (Å²) in [6.45, 7) is 25.6. The highest BCUT2D eigenvalue weighted by Gasteiger charge is 2.14. The molecule has 0 aliphatic heterocycles. The maximum absolute atomic E-state index is 10.1. The standard InChI is InChI=1S/C13H18N2O.C13H18N2.C12H17N3/c1-7(2)9-5-6-10-11(12(9)16)15-13(14-10)8(3)4;1-8(2)10-5-6-11-12(7-10)15-13(14-11)9(3)4;1-7(2)9-5-6-10-12(13-9)15-11(14-10)8(3)4/h5-8,16H,1-4H3,(H,14,15);5-9H,1-4H3,(H,14,15);5-8H,1-4H3,(H,13,14,15). The molecule has 4 heterocycles. The summed E-state index contributed by atoms with van der Waals surface area (Å²) in [5.74, 6) is 5.87. The van der Waals surface area contributed by atoms with Gasteiger partial charge in [0.25, 0.3) is 0 Å². The number of nitrogens with zero attached hydrogens (tertiary/aromatic N) is 4. The lowest BCUT2D eigenvalue weighted by molar-refractivity contribution is 0.470. The third-order valence-corrected chi connectivity index (χ3v) is 8.11. The lowest BCUT2D eigenvalue weighted by Gasteiger charge is -2.07. The van der Waals surface area contributed by atoms with Crippen molar-refractivity contribution in [2.45, 2.75) is 119 Å². The van der Waals surface area contributed by atoms with Crippen molar-refractivity contribution >= 4 is 33.2 Å². The monoisotopic (exact) mass is 623 g/mol. The van der Waals surface area contributed by atoms with Gasteiger partial charge in [-0.15, -0.1) is 0 Å². The largest absolute Gasteiger partial charge is 0.505 e. The number of imidazole rings is 3. The second-order valence-corrected chi connectivity index (χ2v) is 14.1. The third-order valence-electron chi connectivity index (χ3n) is 8.11. The number of phenolic OH excluding ortho intramolecular Hbond substituents is 1. The van der Waals surface area contributed by atoms with Crippen LogP contribution in [0.3, 0.4) is 0 Å². The fourth-order valence-electron chi connectivity index (χ4n) is 5.04. The fraction of sp³-hybridized carbons (Fsp3) is 0.474. The van der Waals surface area contributed by atoms with Gasteiger partial charge in [0.2, 0.25) is 0 Å². The summed E-state index contributed by atoms with van der Waals surface area (Å²) in [5.41, 5.74) is 9.11. The van der Waals surface area contributed by atoms with Crippen LogP contribution in [0.2, 0.25) is 0 Å². The number of nitrogens with one attached hydrogen (secondary N) is 3. The van der Waals surface area contributed by atoms with Crippen LogP contribution >= 0.6 is 0 Å². The molecule has 246 valence electrons. The molecule has 0 spiro atoms. The van der Waals surface area contributed by atoms with Gasteiger partial charge in [-0.2, -0.15) is 0 Å². The predicted molar refractivity (Wildman–Crippen MR) is 192 cm³/mol. The van der Waals surface area contributed by atoms with Crippen LogP contribution in [0.1, 0.15) is 153 Å². The molecule has 0 radical (unpaired) electrons. The highest BCUT2D eigenvalue weighted by Crippen LogP contribution is 2.33. The molecule has 8 nitrogen and oxygen atoms in total. The normalized spacial score (nSPS) is 11.9. The van der Waals surface area contributed by atoms with E-state index in [1.54, 1.807) is 0 Å². The van der Waals surface area contributed by atoms with Crippen LogP contribution in [0.5, 0.6) is 5.75 Å². The molecule has 4 N–H and O–H groups in total. The summed E-state index contributed by atoms with van der Waals surface area (Å²) in [7, 11) is 0. The topological polar surface area (TPSA) is 119 Å². The molecule has 0 unspecified atom stereocenters. The van der Waals surface area contributed by atoms with E-state index in [-0.39, 0.29) is 0 Å². The van der Waals surface area contributed by atoms with Crippen molar-refractivity contribution in [2.75, 3.05) is 0 Å². The second kappa shape index (κ2) is 14.5. The molecule has 8 heteroatoms. The highest BCUT2D eigenvalue weighted by molar-refractivity contribution is 5.83. The first-order valence-electron chi connectivity index (χ1n) is 16.7. The van der Waals surface area contributed by atoms with Crippen molar-refractivity contribution in [1.82, 2.24) is 34.9 Å². The highest BCUT2D eigenvalue weighted by atomic mass is 16.3. The van der Waals surface area contributed by atoms with Gasteiger partial charge in [0.05, 0.1) is 22.1 Å². The number of hydrogen-bond acceptors (Lipinski definition) is 5. The summed E-state index contributed by atoms with van der Waals surface area (Å²) in [6, 6.07) is 14.6. The number of hydrogen-bond donors (Lipinski definition) is 4. The average Bonchev–Trinajstić information content (AvgIpc) is 3.74. The van der Waals surface area contributed by atoms with Crippen molar-refractivity contribution in [1.29, 1.82) is 0 Å².